The molecule has 0 radical (unpaired) electrons. The molecule has 1 aliphatic heterocycles. The second-order valence-corrected chi connectivity index (χ2v) is 7.90. The number of hydrogen-bond donors (Lipinski definition) is 1. The van der Waals surface area contributed by atoms with Gasteiger partial charge in [-0.3, -0.25) is 9.59 Å². The lowest BCUT2D eigenvalue weighted by Crippen LogP contribution is -2.39. The summed E-state index contributed by atoms with van der Waals surface area (Å²) >= 11 is 0. The highest BCUT2D eigenvalue weighted by Gasteiger charge is 2.42. The van der Waals surface area contributed by atoms with Gasteiger partial charge in [0.2, 0.25) is 5.91 Å². The van der Waals surface area contributed by atoms with Gasteiger partial charge in [0.05, 0.1) is 27.2 Å². The molecule has 166 valence electrons. The Morgan fingerprint density at radius 3 is 2.39 bits per heavy atom. The summed E-state index contributed by atoms with van der Waals surface area (Å²) in [6.07, 6.45) is 0. The number of likely N-dealkylation sites (tertiary alicyclic amines) is 1. The molecule has 0 bridgehead atoms. The third kappa shape index (κ3) is 4.76. The molecule has 2 atom stereocenters. The average Bonchev–Trinajstić information content (AvgIpc) is 3.23. The van der Waals surface area contributed by atoms with Crippen molar-refractivity contribution in [3.05, 3.63) is 53.6 Å². The number of hydrogen-bond acceptors (Lipinski definition) is 5. The van der Waals surface area contributed by atoms with Gasteiger partial charge in [0.25, 0.3) is 5.91 Å². The van der Waals surface area contributed by atoms with Crippen LogP contribution < -0.4 is 19.5 Å². The second-order valence-electron chi connectivity index (χ2n) is 7.90. The lowest BCUT2D eigenvalue weighted by atomic mass is 9.87. The summed E-state index contributed by atoms with van der Waals surface area (Å²) in [6, 6.07) is 12.7. The fourth-order valence-electron chi connectivity index (χ4n) is 4.08. The van der Waals surface area contributed by atoms with Gasteiger partial charge in [0.15, 0.2) is 11.5 Å². The van der Waals surface area contributed by atoms with Gasteiger partial charge in [0, 0.05) is 36.2 Å². The van der Waals surface area contributed by atoms with E-state index in [0.29, 0.717) is 35.9 Å². The molecular formula is C24H30N2O5. The highest BCUT2D eigenvalue weighted by atomic mass is 16.5. The second kappa shape index (κ2) is 9.73. The summed E-state index contributed by atoms with van der Waals surface area (Å²) in [6.45, 7) is 4.57. The summed E-state index contributed by atoms with van der Waals surface area (Å²) in [5.74, 6) is 0.964. The van der Waals surface area contributed by atoms with Crippen molar-refractivity contribution in [3.63, 3.8) is 0 Å². The predicted molar refractivity (Wildman–Crippen MR) is 118 cm³/mol. The van der Waals surface area contributed by atoms with Crippen LogP contribution in [0.2, 0.25) is 0 Å². The van der Waals surface area contributed by atoms with Crippen LogP contribution in [0.15, 0.2) is 42.5 Å². The van der Waals surface area contributed by atoms with Crippen LogP contribution in [0, 0.1) is 5.92 Å². The molecule has 0 saturated carbocycles. The van der Waals surface area contributed by atoms with Crippen LogP contribution in [-0.4, -0.2) is 57.2 Å². The number of methoxy groups -OCH3 is 3. The number of rotatable bonds is 7. The quantitative estimate of drug-likeness (QED) is 0.736. The van der Waals surface area contributed by atoms with E-state index in [1.165, 1.54) is 0 Å². The Hall–Kier alpha value is -3.22. The summed E-state index contributed by atoms with van der Waals surface area (Å²) in [5.41, 5.74) is 1.38. The molecule has 31 heavy (non-hydrogen) atoms. The molecule has 1 N–H and O–H groups in total. The molecule has 1 aliphatic rings. The van der Waals surface area contributed by atoms with Crippen LogP contribution >= 0.6 is 0 Å². The number of benzene rings is 2. The third-order valence-electron chi connectivity index (χ3n) is 5.52. The molecule has 0 aromatic heterocycles. The number of carbonyl (C=O) groups is 2. The smallest absolute Gasteiger partial charge is 0.254 e. The Morgan fingerprint density at radius 2 is 1.74 bits per heavy atom. The minimum absolute atomic E-state index is 0.00323. The Morgan fingerprint density at radius 1 is 1.00 bits per heavy atom. The van der Waals surface area contributed by atoms with Crippen molar-refractivity contribution in [1.82, 2.24) is 10.2 Å². The van der Waals surface area contributed by atoms with Crippen LogP contribution in [0.4, 0.5) is 0 Å². The van der Waals surface area contributed by atoms with E-state index >= 15 is 0 Å². The number of nitrogens with zero attached hydrogens (tertiary/aromatic N) is 1. The minimum Gasteiger partial charge on any atom is -0.497 e. The molecule has 0 unspecified atom stereocenters. The topological polar surface area (TPSA) is 77.1 Å². The molecule has 3 rings (SSSR count). The first-order valence-corrected chi connectivity index (χ1v) is 10.3. The fourth-order valence-corrected chi connectivity index (χ4v) is 4.08. The molecule has 0 aliphatic carbocycles. The van der Waals surface area contributed by atoms with E-state index in [-0.39, 0.29) is 23.8 Å². The van der Waals surface area contributed by atoms with Gasteiger partial charge in [-0.05, 0) is 38.1 Å². The molecule has 1 heterocycles. The summed E-state index contributed by atoms with van der Waals surface area (Å²) in [7, 11) is 4.73. The van der Waals surface area contributed by atoms with Crippen molar-refractivity contribution in [3.8, 4) is 17.2 Å². The molecule has 0 spiro atoms. The van der Waals surface area contributed by atoms with E-state index in [9.17, 15) is 9.59 Å². The summed E-state index contributed by atoms with van der Waals surface area (Å²) in [5, 5.41) is 3.00. The highest BCUT2D eigenvalue weighted by molar-refractivity contribution is 5.95. The first-order valence-electron chi connectivity index (χ1n) is 10.3. The molecule has 2 amide bonds. The number of ether oxygens (including phenoxy) is 3. The number of para-hydroxylation sites is 1. The van der Waals surface area contributed by atoms with E-state index in [1.807, 2.05) is 32.0 Å². The predicted octanol–water partition coefficient (Wildman–Crippen LogP) is 3.09. The minimum atomic E-state index is -0.405. The first-order chi connectivity index (χ1) is 14.9. The molecule has 2 aromatic rings. The number of nitrogens with one attached hydrogen (secondary N) is 1. The zero-order chi connectivity index (χ0) is 22.5. The van der Waals surface area contributed by atoms with Crippen LogP contribution in [0.25, 0.3) is 0 Å². The highest BCUT2D eigenvalue weighted by Crippen LogP contribution is 2.42. The van der Waals surface area contributed by atoms with Gasteiger partial charge < -0.3 is 24.4 Å². The van der Waals surface area contributed by atoms with E-state index in [2.05, 4.69) is 5.32 Å². The van der Waals surface area contributed by atoms with E-state index in [0.717, 1.165) is 5.56 Å². The molecule has 7 heteroatoms. The van der Waals surface area contributed by atoms with Gasteiger partial charge in [-0.2, -0.15) is 0 Å². The van der Waals surface area contributed by atoms with Crippen molar-refractivity contribution in [2.45, 2.75) is 25.8 Å². The molecular weight excluding hydrogens is 396 g/mol. The van der Waals surface area contributed by atoms with Crippen LogP contribution in [0.1, 0.15) is 35.7 Å². The van der Waals surface area contributed by atoms with Gasteiger partial charge in [-0.1, -0.05) is 18.2 Å². The van der Waals surface area contributed by atoms with Crippen LogP contribution in [0.5, 0.6) is 17.2 Å². The van der Waals surface area contributed by atoms with Crippen molar-refractivity contribution in [2.75, 3.05) is 34.4 Å². The lowest BCUT2D eigenvalue weighted by Gasteiger charge is -2.22. The number of amides is 2. The largest absolute Gasteiger partial charge is 0.497 e. The molecule has 7 nitrogen and oxygen atoms in total. The first kappa shape index (κ1) is 22.5. The maximum absolute atomic E-state index is 13.2. The van der Waals surface area contributed by atoms with Crippen molar-refractivity contribution in [2.24, 2.45) is 5.92 Å². The van der Waals surface area contributed by atoms with Gasteiger partial charge in [0.1, 0.15) is 5.75 Å². The van der Waals surface area contributed by atoms with Gasteiger partial charge in [-0.25, -0.2) is 0 Å². The average molecular weight is 427 g/mol. The standard InChI is InChI=1S/C24H30N2O5/c1-15(2)25-23(27)20-14-26(24(28)16-8-6-9-17(12-16)29-3)13-19(20)18-10-7-11-21(30-4)22(18)31-5/h6-12,15,19-20H,13-14H2,1-5H3,(H,25,27)/t19-,20-/m1/s1. The maximum atomic E-state index is 13.2. The molecule has 1 fully saturated rings. The van der Waals surface area contributed by atoms with Crippen molar-refractivity contribution in [1.29, 1.82) is 0 Å². The van der Waals surface area contributed by atoms with Crippen LogP contribution in [0.3, 0.4) is 0 Å². The Bertz CT molecular complexity index is 943. The fraction of sp³-hybridized carbons (Fsp3) is 0.417. The normalized spacial score (nSPS) is 18.1. The third-order valence-corrected chi connectivity index (χ3v) is 5.52. The van der Waals surface area contributed by atoms with Gasteiger partial charge in [-0.15, -0.1) is 0 Å². The monoisotopic (exact) mass is 426 g/mol. The van der Waals surface area contributed by atoms with E-state index in [1.54, 1.807) is 50.5 Å². The lowest BCUT2D eigenvalue weighted by molar-refractivity contribution is -0.125. The Balaban J connectivity index is 1.97. The van der Waals surface area contributed by atoms with Crippen LogP contribution in [-0.2, 0) is 4.79 Å². The SMILES string of the molecule is COc1cccc(C(=O)N2C[C@H](c3cccc(OC)c3OC)[C@H](C(=O)NC(C)C)C2)c1. The van der Waals surface area contributed by atoms with Crippen molar-refractivity contribution < 1.29 is 23.8 Å². The molecule has 2 aromatic carbocycles. The zero-order valence-corrected chi connectivity index (χ0v) is 18.7. The summed E-state index contributed by atoms with van der Waals surface area (Å²) < 4.78 is 16.3. The van der Waals surface area contributed by atoms with Crippen molar-refractivity contribution >= 4 is 11.8 Å². The molecule has 1 saturated heterocycles. The number of carbonyl (C=O) groups excluding carboxylic acids is 2. The van der Waals surface area contributed by atoms with Gasteiger partial charge >= 0.3 is 0 Å². The van der Waals surface area contributed by atoms with E-state index in [4.69, 9.17) is 14.2 Å². The Kier molecular flexibility index (Phi) is 7.05. The maximum Gasteiger partial charge on any atom is 0.254 e. The Labute approximate surface area is 183 Å². The van der Waals surface area contributed by atoms with E-state index < -0.39 is 5.92 Å². The zero-order valence-electron chi connectivity index (χ0n) is 18.7. The summed E-state index contributed by atoms with van der Waals surface area (Å²) in [4.78, 5) is 28.0.